The molecule has 0 N–H and O–H groups in total. The van der Waals surface area contributed by atoms with E-state index >= 15 is 0 Å². The van der Waals surface area contributed by atoms with Gasteiger partial charge in [-0.1, -0.05) is 18.6 Å². The van der Waals surface area contributed by atoms with Gasteiger partial charge in [-0.2, -0.15) is 0 Å². The number of carbonyl (C=O) groups excluding carboxylic acids is 2. The number of esters is 1. The zero-order valence-electron chi connectivity index (χ0n) is 10.9. The van der Waals surface area contributed by atoms with Gasteiger partial charge in [0.25, 0.3) is 0 Å². The summed E-state index contributed by atoms with van der Waals surface area (Å²) in [6, 6.07) is 5.53. The van der Waals surface area contributed by atoms with Crippen molar-refractivity contribution < 1.29 is 14.3 Å². The number of ketones is 1. The second-order valence-corrected chi connectivity index (χ2v) is 4.96. The van der Waals surface area contributed by atoms with Gasteiger partial charge in [0.05, 0.1) is 5.92 Å². The van der Waals surface area contributed by atoms with E-state index < -0.39 is 0 Å². The summed E-state index contributed by atoms with van der Waals surface area (Å²) < 4.78 is 5.04. The summed E-state index contributed by atoms with van der Waals surface area (Å²) in [7, 11) is 0. The molecule has 1 aliphatic carbocycles. The molecule has 3 nitrogen and oxygen atoms in total. The molecule has 0 saturated heterocycles. The SMILES string of the molecule is Cc1ccc(C(=O)COC(=O)C2CCC2)cc1C. The number of benzene rings is 1. The Balaban J connectivity index is 1.90. The topological polar surface area (TPSA) is 43.4 Å². The molecule has 18 heavy (non-hydrogen) atoms. The van der Waals surface area contributed by atoms with E-state index in [0.29, 0.717) is 5.56 Å². The van der Waals surface area contributed by atoms with Gasteiger partial charge >= 0.3 is 5.97 Å². The molecule has 0 unspecified atom stereocenters. The molecule has 96 valence electrons. The van der Waals surface area contributed by atoms with Crippen LogP contribution in [0, 0.1) is 19.8 Å². The highest BCUT2D eigenvalue weighted by molar-refractivity contribution is 5.98. The minimum Gasteiger partial charge on any atom is -0.457 e. The number of carbonyl (C=O) groups is 2. The van der Waals surface area contributed by atoms with Gasteiger partial charge in [0.15, 0.2) is 12.4 Å². The van der Waals surface area contributed by atoms with E-state index in [1.165, 1.54) is 0 Å². The van der Waals surface area contributed by atoms with Crippen LogP contribution in [0.25, 0.3) is 0 Å². The predicted octanol–water partition coefficient (Wildman–Crippen LogP) is 2.83. The summed E-state index contributed by atoms with van der Waals surface area (Å²) in [5.41, 5.74) is 2.84. The highest BCUT2D eigenvalue weighted by atomic mass is 16.5. The van der Waals surface area contributed by atoms with Crippen molar-refractivity contribution in [2.75, 3.05) is 6.61 Å². The molecule has 2 rings (SSSR count). The second kappa shape index (κ2) is 5.34. The lowest BCUT2D eigenvalue weighted by Crippen LogP contribution is -2.26. The van der Waals surface area contributed by atoms with Gasteiger partial charge in [-0.25, -0.2) is 0 Å². The quantitative estimate of drug-likeness (QED) is 0.606. The van der Waals surface area contributed by atoms with Crippen molar-refractivity contribution in [2.45, 2.75) is 33.1 Å². The van der Waals surface area contributed by atoms with Gasteiger partial charge < -0.3 is 4.74 Å². The first-order valence-corrected chi connectivity index (χ1v) is 6.35. The van der Waals surface area contributed by atoms with Crippen LogP contribution in [0.4, 0.5) is 0 Å². The van der Waals surface area contributed by atoms with Crippen molar-refractivity contribution in [3.63, 3.8) is 0 Å². The zero-order valence-corrected chi connectivity index (χ0v) is 10.9. The Bertz CT molecular complexity index is 473. The Morgan fingerprint density at radius 2 is 1.94 bits per heavy atom. The van der Waals surface area contributed by atoms with Crippen molar-refractivity contribution in [3.8, 4) is 0 Å². The molecule has 1 aromatic rings. The van der Waals surface area contributed by atoms with Crippen LogP contribution in [-0.4, -0.2) is 18.4 Å². The molecule has 0 radical (unpaired) electrons. The second-order valence-electron chi connectivity index (χ2n) is 4.96. The molecular weight excluding hydrogens is 228 g/mol. The first-order valence-electron chi connectivity index (χ1n) is 6.35. The maximum absolute atomic E-state index is 11.9. The van der Waals surface area contributed by atoms with Gasteiger partial charge in [-0.05, 0) is 43.9 Å². The normalized spacial score (nSPS) is 15.0. The number of hydrogen-bond acceptors (Lipinski definition) is 3. The van der Waals surface area contributed by atoms with Gasteiger partial charge in [0.2, 0.25) is 0 Å². The fraction of sp³-hybridized carbons (Fsp3) is 0.467. The molecule has 0 aliphatic heterocycles. The predicted molar refractivity (Wildman–Crippen MR) is 68.5 cm³/mol. The first kappa shape index (κ1) is 12.8. The average Bonchev–Trinajstić information content (AvgIpc) is 2.27. The van der Waals surface area contributed by atoms with Gasteiger partial charge in [0.1, 0.15) is 0 Å². The smallest absolute Gasteiger partial charge is 0.309 e. The maximum atomic E-state index is 11.9. The largest absolute Gasteiger partial charge is 0.457 e. The molecule has 1 aromatic carbocycles. The van der Waals surface area contributed by atoms with Crippen molar-refractivity contribution in [1.82, 2.24) is 0 Å². The first-order chi connectivity index (χ1) is 8.58. The van der Waals surface area contributed by atoms with Gasteiger partial charge in [-0.15, -0.1) is 0 Å². The van der Waals surface area contributed by atoms with Crippen LogP contribution >= 0.6 is 0 Å². The molecule has 0 aromatic heterocycles. The summed E-state index contributed by atoms with van der Waals surface area (Å²) in [5.74, 6) is -0.332. The standard InChI is InChI=1S/C15H18O3/c1-10-6-7-13(8-11(10)2)14(16)9-18-15(17)12-4-3-5-12/h6-8,12H,3-5,9H2,1-2H3. The van der Waals surface area contributed by atoms with Crippen molar-refractivity contribution in [1.29, 1.82) is 0 Å². The molecule has 0 atom stereocenters. The summed E-state index contributed by atoms with van der Waals surface area (Å²) in [6.07, 6.45) is 2.89. The van der Waals surface area contributed by atoms with E-state index in [0.717, 1.165) is 30.4 Å². The molecule has 1 saturated carbocycles. The van der Waals surface area contributed by atoms with Gasteiger partial charge in [-0.3, -0.25) is 9.59 Å². The molecule has 0 amide bonds. The van der Waals surface area contributed by atoms with Crippen LogP contribution in [0.3, 0.4) is 0 Å². The summed E-state index contributed by atoms with van der Waals surface area (Å²) in [6.45, 7) is 3.82. The summed E-state index contributed by atoms with van der Waals surface area (Å²) in [4.78, 5) is 23.4. The van der Waals surface area contributed by atoms with E-state index in [1.54, 1.807) is 6.07 Å². The van der Waals surface area contributed by atoms with E-state index in [4.69, 9.17) is 4.74 Å². The minimum atomic E-state index is -0.224. The lowest BCUT2D eigenvalue weighted by Gasteiger charge is -2.22. The third-order valence-corrected chi connectivity index (χ3v) is 3.61. The Morgan fingerprint density at radius 3 is 2.50 bits per heavy atom. The van der Waals surface area contributed by atoms with Crippen LogP contribution in [-0.2, 0) is 9.53 Å². The van der Waals surface area contributed by atoms with Gasteiger partial charge in [0, 0.05) is 5.56 Å². The van der Waals surface area contributed by atoms with Crippen molar-refractivity contribution in [2.24, 2.45) is 5.92 Å². The number of aryl methyl sites for hydroxylation is 2. The molecule has 1 fully saturated rings. The molecule has 3 heteroatoms. The Labute approximate surface area is 107 Å². The lowest BCUT2D eigenvalue weighted by atomic mass is 9.86. The highest BCUT2D eigenvalue weighted by Crippen LogP contribution is 2.27. The molecule has 0 heterocycles. The average molecular weight is 246 g/mol. The lowest BCUT2D eigenvalue weighted by molar-refractivity contribution is -0.150. The number of hydrogen-bond donors (Lipinski definition) is 0. The van der Waals surface area contributed by atoms with E-state index in [2.05, 4.69) is 0 Å². The maximum Gasteiger partial charge on any atom is 0.309 e. The summed E-state index contributed by atoms with van der Waals surface area (Å²) in [5, 5.41) is 0. The van der Waals surface area contributed by atoms with Crippen LogP contribution in [0.15, 0.2) is 18.2 Å². The fourth-order valence-corrected chi connectivity index (χ4v) is 1.90. The van der Waals surface area contributed by atoms with Crippen LogP contribution < -0.4 is 0 Å². The number of ether oxygens (including phenoxy) is 1. The summed E-state index contributed by atoms with van der Waals surface area (Å²) >= 11 is 0. The number of rotatable bonds is 4. The fourth-order valence-electron chi connectivity index (χ4n) is 1.90. The Hall–Kier alpha value is -1.64. The molecule has 0 spiro atoms. The van der Waals surface area contributed by atoms with E-state index in [-0.39, 0.29) is 24.3 Å². The van der Waals surface area contributed by atoms with Crippen molar-refractivity contribution in [3.05, 3.63) is 34.9 Å². The minimum absolute atomic E-state index is 0.0255. The Kier molecular flexibility index (Phi) is 3.80. The highest BCUT2D eigenvalue weighted by Gasteiger charge is 2.27. The zero-order chi connectivity index (χ0) is 13.1. The van der Waals surface area contributed by atoms with Crippen molar-refractivity contribution >= 4 is 11.8 Å². The third-order valence-electron chi connectivity index (χ3n) is 3.61. The Morgan fingerprint density at radius 1 is 1.22 bits per heavy atom. The monoisotopic (exact) mass is 246 g/mol. The molecule has 1 aliphatic rings. The molecular formula is C15H18O3. The van der Waals surface area contributed by atoms with Crippen LogP contribution in [0.2, 0.25) is 0 Å². The van der Waals surface area contributed by atoms with Crippen LogP contribution in [0.5, 0.6) is 0 Å². The van der Waals surface area contributed by atoms with Crippen LogP contribution in [0.1, 0.15) is 40.7 Å². The number of Topliss-reactive ketones (excluding diaryl/α,β-unsaturated/α-hetero) is 1. The van der Waals surface area contributed by atoms with E-state index in [1.807, 2.05) is 26.0 Å². The third kappa shape index (κ3) is 2.78. The molecule has 0 bridgehead atoms. The van der Waals surface area contributed by atoms with E-state index in [9.17, 15) is 9.59 Å².